The number of aliphatic hydroxyl groups is 1. The lowest BCUT2D eigenvalue weighted by molar-refractivity contribution is -0.140. The molecule has 0 aromatic heterocycles. The van der Waals surface area contributed by atoms with Crippen LogP contribution in [-0.2, 0) is 4.79 Å². The molecule has 26 heavy (non-hydrogen) atoms. The fraction of sp³-hybridized carbons (Fsp3) is 0.955. The monoisotopic (exact) mass is 381 g/mol. The molecule has 0 aliphatic heterocycles. The smallest absolute Gasteiger partial charge is 0.237 e. The summed E-state index contributed by atoms with van der Waals surface area (Å²) in [6.45, 7) is 5.00. The van der Waals surface area contributed by atoms with E-state index in [0.717, 1.165) is 42.9 Å². The molecule has 0 saturated heterocycles. The molecule has 0 aromatic carbocycles. The molecule has 8 atom stereocenters. The molecule has 4 fully saturated rings. The van der Waals surface area contributed by atoms with Crippen LogP contribution in [0, 0.1) is 34.5 Å². The van der Waals surface area contributed by atoms with Crippen LogP contribution in [0.25, 0.3) is 0 Å². The topological polar surface area (TPSA) is 40.5 Å². The summed E-state index contributed by atoms with van der Waals surface area (Å²) >= 11 is 5.85. The zero-order chi connectivity index (χ0) is 18.7. The van der Waals surface area contributed by atoms with Gasteiger partial charge in [-0.05, 0) is 92.3 Å². The first kappa shape index (κ1) is 19.1. The van der Waals surface area contributed by atoms with Crippen molar-refractivity contribution in [2.24, 2.45) is 34.5 Å². The van der Waals surface area contributed by atoms with Gasteiger partial charge in [0.1, 0.15) is 5.88 Å². The Morgan fingerprint density at radius 3 is 2.46 bits per heavy atom. The number of amides is 1. The summed E-state index contributed by atoms with van der Waals surface area (Å²) in [5, 5.41) is 10.2. The quantitative estimate of drug-likeness (QED) is 0.717. The maximum Gasteiger partial charge on any atom is 0.237 e. The molecule has 1 N–H and O–H groups in total. The average Bonchev–Trinajstić information content (AvgIpc) is 2.98. The van der Waals surface area contributed by atoms with Gasteiger partial charge in [-0.25, -0.2) is 0 Å². The summed E-state index contributed by atoms with van der Waals surface area (Å²) in [6.07, 6.45) is 10.7. The first-order valence-electron chi connectivity index (χ1n) is 10.8. The highest BCUT2D eigenvalue weighted by Gasteiger charge is 2.60. The normalized spacial score (nSPS) is 50.5. The SMILES string of the molecule is CN(C(=O)CCl)[C@@H]1CC[C@H]2[C@@H]3CC[C@H]4C[C@@H](O)CC[C@]4(C)[C@H]3CC[C@@]21C. The molecular formula is C22H36ClNO2. The summed E-state index contributed by atoms with van der Waals surface area (Å²) < 4.78 is 0. The summed E-state index contributed by atoms with van der Waals surface area (Å²) in [5.74, 6) is 3.28. The Labute approximate surface area is 163 Å². The Balaban J connectivity index is 1.57. The van der Waals surface area contributed by atoms with Crippen molar-refractivity contribution in [3.8, 4) is 0 Å². The Morgan fingerprint density at radius 2 is 1.73 bits per heavy atom. The number of alkyl halides is 1. The number of hydrogen-bond acceptors (Lipinski definition) is 2. The van der Waals surface area contributed by atoms with Crippen LogP contribution in [0.2, 0.25) is 0 Å². The Hall–Kier alpha value is -0.280. The van der Waals surface area contributed by atoms with Gasteiger partial charge in [-0.15, -0.1) is 11.6 Å². The zero-order valence-corrected chi connectivity index (χ0v) is 17.5. The van der Waals surface area contributed by atoms with Gasteiger partial charge in [-0.1, -0.05) is 13.8 Å². The summed E-state index contributed by atoms with van der Waals surface area (Å²) in [6, 6.07) is 0.360. The van der Waals surface area contributed by atoms with Crippen LogP contribution in [-0.4, -0.2) is 41.0 Å². The van der Waals surface area contributed by atoms with Crippen LogP contribution in [0.3, 0.4) is 0 Å². The maximum atomic E-state index is 12.2. The third-order valence-corrected chi connectivity index (χ3v) is 9.79. The van der Waals surface area contributed by atoms with Gasteiger partial charge in [-0.3, -0.25) is 4.79 Å². The van der Waals surface area contributed by atoms with Crippen molar-refractivity contribution in [2.45, 2.75) is 83.8 Å². The number of carbonyl (C=O) groups is 1. The van der Waals surface area contributed by atoms with Crippen molar-refractivity contribution >= 4 is 17.5 Å². The molecular weight excluding hydrogens is 346 g/mol. The fourth-order valence-electron chi connectivity index (χ4n) is 8.11. The van der Waals surface area contributed by atoms with Crippen molar-refractivity contribution in [1.82, 2.24) is 4.90 Å². The van der Waals surface area contributed by atoms with Crippen LogP contribution in [0.5, 0.6) is 0 Å². The van der Waals surface area contributed by atoms with Crippen molar-refractivity contribution in [2.75, 3.05) is 12.9 Å². The van der Waals surface area contributed by atoms with E-state index in [1.165, 1.54) is 38.5 Å². The Morgan fingerprint density at radius 1 is 1.04 bits per heavy atom. The fourth-order valence-corrected chi connectivity index (χ4v) is 8.30. The Kier molecular flexibility index (Phi) is 4.88. The number of hydrogen-bond donors (Lipinski definition) is 1. The highest BCUT2D eigenvalue weighted by molar-refractivity contribution is 6.27. The minimum absolute atomic E-state index is 0.0652. The van der Waals surface area contributed by atoms with Gasteiger partial charge < -0.3 is 10.0 Å². The molecule has 3 nitrogen and oxygen atoms in total. The molecule has 4 aliphatic rings. The summed E-state index contributed by atoms with van der Waals surface area (Å²) in [7, 11) is 1.97. The van der Waals surface area contributed by atoms with E-state index in [4.69, 9.17) is 11.6 Å². The maximum absolute atomic E-state index is 12.2. The third-order valence-electron chi connectivity index (χ3n) is 9.56. The molecule has 0 bridgehead atoms. The number of carbonyl (C=O) groups excluding carboxylic acids is 1. The van der Waals surface area contributed by atoms with Gasteiger partial charge in [0, 0.05) is 13.1 Å². The van der Waals surface area contributed by atoms with Gasteiger partial charge in [0.15, 0.2) is 0 Å². The van der Waals surface area contributed by atoms with E-state index in [-0.39, 0.29) is 23.3 Å². The summed E-state index contributed by atoms with van der Waals surface area (Å²) in [5.41, 5.74) is 0.689. The van der Waals surface area contributed by atoms with E-state index in [1.54, 1.807) is 0 Å². The zero-order valence-electron chi connectivity index (χ0n) is 16.7. The van der Waals surface area contributed by atoms with Crippen molar-refractivity contribution in [3.05, 3.63) is 0 Å². The van der Waals surface area contributed by atoms with Crippen molar-refractivity contribution < 1.29 is 9.90 Å². The molecule has 0 radical (unpaired) electrons. The first-order chi connectivity index (χ1) is 12.3. The predicted molar refractivity (Wildman–Crippen MR) is 105 cm³/mol. The van der Waals surface area contributed by atoms with Crippen molar-refractivity contribution in [3.63, 3.8) is 0 Å². The molecule has 0 heterocycles. The minimum atomic E-state index is -0.0652. The molecule has 4 rings (SSSR count). The van der Waals surface area contributed by atoms with E-state index in [2.05, 4.69) is 13.8 Å². The molecule has 148 valence electrons. The Bertz CT molecular complexity index is 568. The number of fused-ring (bicyclic) bond motifs is 5. The van der Waals surface area contributed by atoms with Crippen LogP contribution in [0.4, 0.5) is 0 Å². The van der Waals surface area contributed by atoms with Crippen molar-refractivity contribution in [1.29, 1.82) is 0 Å². The average molecular weight is 382 g/mol. The molecule has 4 aliphatic carbocycles. The molecule has 0 spiro atoms. The molecule has 0 aromatic rings. The van der Waals surface area contributed by atoms with Gasteiger partial charge in [0.2, 0.25) is 5.91 Å². The molecule has 1 amide bonds. The molecule has 4 saturated carbocycles. The summed E-state index contributed by atoms with van der Waals surface area (Å²) in [4.78, 5) is 14.2. The van der Waals surface area contributed by atoms with Crippen LogP contribution in [0.15, 0.2) is 0 Å². The van der Waals surface area contributed by atoms with Gasteiger partial charge >= 0.3 is 0 Å². The first-order valence-corrected chi connectivity index (χ1v) is 11.3. The molecule has 0 unspecified atom stereocenters. The van der Waals surface area contributed by atoms with Gasteiger partial charge in [-0.2, -0.15) is 0 Å². The van der Waals surface area contributed by atoms with E-state index < -0.39 is 0 Å². The van der Waals surface area contributed by atoms with Gasteiger partial charge in [0.25, 0.3) is 0 Å². The number of halogens is 1. The lowest BCUT2D eigenvalue weighted by atomic mass is 9.45. The lowest BCUT2D eigenvalue weighted by Gasteiger charge is -2.61. The molecule has 4 heteroatoms. The third kappa shape index (κ3) is 2.67. The van der Waals surface area contributed by atoms with E-state index >= 15 is 0 Å². The van der Waals surface area contributed by atoms with E-state index in [1.807, 2.05) is 11.9 Å². The highest BCUT2D eigenvalue weighted by atomic mass is 35.5. The van der Waals surface area contributed by atoms with E-state index in [0.29, 0.717) is 11.5 Å². The number of rotatable bonds is 2. The van der Waals surface area contributed by atoms with Crippen LogP contribution in [0.1, 0.15) is 71.6 Å². The second-order valence-corrected chi connectivity index (χ2v) is 10.6. The van der Waals surface area contributed by atoms with Gasteiger partial charge in [0.05, 0.1) is 6.10 Å². The minimum Gasteiger partial charge on any atom is -0.393 e. The largest absolute Gasteiger partial charge is 0.393 e. The lowest BCUT2D eigenvalue weighted by Crippen LogP contribution is -2.56. The number of aliphatic hydroxyl groups excluding tert-OH is 1. The second kappa shape index (κ2) is 6.65. The van der Waals surface area contributed by atoms with E-state index in [9.17, 15) is 9.90 Å². The number of nitrogens with zero attached hydrogens (tertiary/aromatic N) is 1. The second-order valence-electron chi connectivity index (χ2n) is 10.4. The highest BCUT2D eigenvalue weighted by Crippen LogP contribution is 2.66. The van der Waals surface area contributed by atoms with Crippen LogP contribution >= 0.6 is 11.6 Å². The standard InChI is InChI=1S/C22H36ClNO2/c1-21-10-8-15(25)12-14(21)4-5-16-17-6-7-19(24(3)20(26)13-23)22(17,2)11-9-18(16)21/h14-19,25H,4-13H2,1-3H3/t14-,15-,16-,17-,18-,19+,21-,22-/m0/s1. The van der Waals surface area contributed by atoms with Crippen LogP contribution < -0.4 is 0 Å². The predicted octanol–water partition coefficient (Wildman–Crippen LogP) is 4.46.